The number of rotatable bonds is 6. The number of piperidine rings is 1. The third-order valence-corrected chi connectivity index (χ3v) is 6.70. The number of amides is 2. The van der Waals surface area contributed by atoms with Crippen LogP contribution in [0.4, 0.5) is 10.5 Å². The maximum absolute atomic E-state index is 13.1. The van der Waals surface area contributed by atoms with Gasteiger partial charge in [-0.3, -0.25) is 9.78 Å². The first kappa shape index (κ1) is 27.0. The topological polar surface area (TPSA) is 130 Å². The lowest BCUT2D eigenvalue weighted by Gasteiger charge is -2.33. The van der Waals surface area contributed by atoms with Crippen molar-refractivity contribution in [1.82, 2.24) is 19.2 Å². The monoisotopic (exact) mass is 534 g/mol. The lowest BCUT2D eigenvalue weighted by atomic mass is 10.1. The minimum absolute atomic E-state index is 0.192. The molecule has 0 aromatic carbocycles. The van der Waals surface area contributed by atoms with Gasteiger partial charge in [-0.25, -0.2) is 9.78 Å². The van der Waals surface area contributed by atoms with Crippen LogP contribution in [0.2, 0.25) is 0 Å². The Morgan fingerprint density at radius 2 is 2.03 bits per heavy atom. The zero-order valence-electron chi connectivity index (χ0n) is 21.9. The van der Waals surface area contributed by atoms with Crippen LogP contribution < -0.4 is 10.1 Å². The van der Waals surface area contributed by atoms with Crippen LogP contribution in [0.1, 0.15) is 65.8 Å². The molecule has 1 aliphatic heterocycles. The number of hydrogen-bond donors (Lipinski definition) is 1. The van der Waals surface area contributed by atoms with E-state index in [9.17, 15) is 9.59 Å². The van der Waals surface area contributed by atoms with E-state index in [4.69, 9.17) is 14.7 Å². The van der Waals surface area contributed by atoms with Gasteiger partial charge in [-0.1, -0.05) is 0 Å². The summed E-state index contributed by atoms with van der Waals surface area (Å²) in [5.74, 6) is 0.135. The van der Waals surface area contributed by atoms with Crippen LogP contribution >= 0.6 is 11.5 Å². The number of nitrogens with one attached hydrogen (secondary N) is 1. The lowest BCUT2D eigenvalue weighted by Crippen LogP contribution is -2.46. The number of anilines is 1. The summed E-state index contributed by atoms with van der Waals surface area (Å²) < 4.78 is 15.8. The van der Waals surface area contributed by atoms with E-state index in [1.807, 2.05) is 26.8 Å². The second-order valence-electron chi connectivity index (χ2n) is 10.0. The highest BCUT2D eigenvalue weighted by Gasteiger charge is 2.29. The Balaban J connectivity index is 1.36. The van der Waals surface area contributed by atoms with E-state index < -0.39 is 5.60 Å². The highest BCUT2D eigenvalue weighted by atomic mass is 32.1. The molecule has 2 amide bonds. The van der Waals surface area contributed by atoms with Crippen molar-refractivity contribution in [2.24, 2.45) is 0 Å². The number of pyridine rings is 2. The van der Waals surface area contributed by atoms with Crippen molar-refractivity contribution in [3.8, 4) is 11.9 Å². The zero-order valence-corrected chi connectivity index (χ0v) is 22.7. The van der Waals surface area contributed by atoms with Gasteiger partial charge in [0.2, 0.25) is 5.88 Å². The van der Waals surface area contributed by atoms with Gasteiger partial charge in [0.15, 0.2) is 0 Å². The second-order valence-corrected chi connectivity index (χ2v) is 10.9. The van der Waals surface area contributed by atoms with Gasteiger partial charge in [-0.2, -0.15) is 9.64 Å². The quantitative estimate of drug-likeness (QED) is 0.480. The second kappa shape index (κ2) is 11.6. The number of nitrogens with zero attached hydrogens (tertiary/aromatic N) is 5. The molecule has 4 rings (SSSR count). The van der Waals surface area contributed by atoms with Crippen LogP contribution in [0.5, 0.6) is 5.88 Å². The van der Waals surface area contributed by atoms with Crippen LogP contribution in [-0.4, -0.2) is 56.0 Å². The molecule has 1 fully saturated rings. The molecular weight excluding hydrogens is 504 g/mol. The van der Waals surface area contributed by atoms with E-state index in [1.54, 1.807) is 42.3 Å². The third-order valence-electron chi connectivity index (χ3n) is 5.77. The van der Waals surface area contributed by atoms with Gasteiger partial charge >= 0.3 is 6.09 Å². The number of aromatic nitrogens is 3. The van der Waals surface area contributed by atoms with Gasteiger partial charge in [0.05, 0.1) is 35.2 Å². The van der Waals surface area contributed by atoms with Crippen molar-refractivity contribution in [2.45, 2.75) is 58.7 Å². The minimum Gasteiger partial charge on any atom is -0.472 e. The van der Waals surface area contributed by atoms with Crippen molar-refractivity contribution in [1.29, 1.82) is 5.26 Å². The first-order valence-corrected chi connectivity index (χ1v) is 13.1. The molecule has 0 spiro atoms. The maximum Gasteiger partial charge on any atom is 0.410 e. The molecule has 4 heterocycles. The Hall–Kier alpha value is -4.04. The van der Waals surface area contributed by atoms with E-state index in [1.165, 1.54) is 17.7 Å². The Morgan fingerprint density at radius 1 is 1.21 bits per heavy atom. The van der Waals surface area contributed by atoms with E-state index in [0.717, 1.165) is 23.4 Å². The first-order chi connectivity index (χ1) is 18.1. The molecule has 0 radical (unpaired) electrons. The van der Waals surface area contributed by atoms with Crippen molar-refractivity contribution in [3.05, 3.63) is 64.1 Å². The van der Waals surface area contributed by atoms with Crippen LogP contribution in [-0.2, 0) is 11.2 Å². The van der Waals surface area contributed by atoms with Crippen LogP contribution in [0.3, 0.4) is 0 Å². The fourth-order valence-corrected chi connectivity index (χ4v) is 4.89. The number of ether oxygens (including phenoxy) is 2. The summed E-state index contributed by atoms with van der Waals surface area (Å²) in [6.07, 6.45) is 4.57. The highest BCUT2D eigenvalue weighted by molar-refractivity contribution is 7.06. The van der Waals surface area contributed by atoms with Crippen molar-refractivity contribution in [2.75, 3.05) is 18.4 Å². The molecule has 1 unspecified atom stereocenters. The summed E-state index contributed by atoms with van der Waals surface area (Å²) in [7, 11) is 0. The smallest absolute Gasteiger partial charge is 0.410 e. The minimum atomic E-state index is -0.550. The molecule has 0 bridgehead atoms. The maximum atomic E-state index is 13.1. The number of carbonyl (C=O) groups is 2. The summed E-state index contributed by atoms with van der Waals surface area (Å²) in [6.45, 7) is 8.38. The summed E-state index contributed by atoms with van der Waals surface area (Å²) in [5, 5.41) is 11.8. The molecule has 3 aromatic heterocycles. The number of aryl methyl sites for hydroxylation is 1. The summed E-state index contributed by atoms with van der Waals surface area (Å²) in [6, 6.07) is 8.95. The number of nitriles is 1. The van der Waals surface area contributed by atoms with Crippen LogP contribution in [0.25, 0.3) is 0 Å². The van der Waals surface area contributed by atoms with Crippen molar-refractivity contribution >= 4 is 29.2 Å². The number of carbonyl (C=O) groups excluding carboxylic acids is 2. The number of likely N-dealkylation sites (tertiary alicyclic amines) is 1. The molecule has 1 atom stereocenters. The van der Waals surface area contributed by atoms with Gasteiger partial charge in [0.25, 0.3) is 5.91 Å². The molecule has 1 N–H and O–H groups in total. The summed E-state index contributed by atoms with van der Waals surface area (Å²) in [5.41, 5.74) is 2.34. The molecule has 10 nitrogen and oxygen atoms in total. The summed E-state index contributed by atoms with van der Waals surface area (Å²) in [4.78, 5) is 36.6. The zero-order chi connectivity index (χ0) is 27.3. The van der Waals surface area contributed by atoms with Gasteiger partial charge in [0.1, 0.15) is 17.8 Å². The van der Waals surface area contributed by atoms with Gasteiger partial charge in [-0.15, -0.1) is 0 Å². The van der Waals surface area contributed by atoms with Gasteiger partial charge < -0.3 is 19.7 Å². The predicted molar refractivity (Wildman–Crippen MR) is 142 cm³/mol. The Bertz CT molecular complexity index is 1330. The molecule has 38 heavy (non-hydrogen) atoms. The average Bonchev–Trinajstić information content (AvgIpc) is 3.24. The lowest BCUT2D eigenvalue weighted by molar-refractivity contribution is 0.00722. The van der Waals surface area contributed by atoms with Crippen molar-refractivity contribution in [3.63, 3.8) is 0 Å². The Labute approximate surface area is 225 Å². The fraction of sp³-hybridized carbons (Fsp3) is 0.407. The predicted octanol–water partition coefficient (Wildman–Crippen LogP) is 4.73. The number of hydrogen-bond acceptors (Lipinski definition) is 9. The van der Waals surface area contributed by atoms with E-state index >= 15 is 0 Å². The SMILES string of the molecule is Cc1nsc(Cc2ccc(C#N)cn2)c1C(=O)Nc1ccc(OC2CCCN(C(=O)OC(C)(C)C)C2)nc1. The third kappa shape index (κ3) is 7.04. The molecule has 0 aliphatic carbocycles. The fourth-order valence-electron chi connectivity index (χ4n) is 4.00. The Morgan fingerprint density at radius 3 is 2.68 bits per heavy atom. The first-order valence-electron chi connectivity index (χ1n) is 12.3. The summed E-state index contributed by atoms with van der Waals surface area (Å²) >= 11 is 1.26. The standard InChI is InChI=1S/C27H30N6O4S/c1-17-24(22(38-32-17)12-19-8-7-18(13-28)14-29-19)25(34)31-20-9-10-23(30-15-20)36-21-6-5-11-33(16-21)26(35)37-27(2,3)4/h7-10,14-15,21H,5-6,11-12,16H2,1-4H3,(H,31,34). The average molecular weight is 535 g/mol. The van der Waals surface area contributed by atoms with Gasteiger partial charge in [-0.05, 0) is 70.3 Å². The van der Waals surface area contributed by atoms with Gasteiger partial charge in [0, 0.05) is 35.8 Å². The molecule has 1 saturated heterocycles. The highest BCUT2D eigenvalue weighted by Crippen LogP contribution is 2.24. The molecule has 3 aromatic rings. The van der Waals surface area contributed by atoms with Crippen molar-refractivity contribution < 1.29 is 19.1 Å². The van der Waals surface area contributed by atoms with E-state index in [0.29, 0.717) is 47.9 Å². The normalized spacial score (nSPS) is 15.4. The Kier molecular flexibility index (Phi) is 8.22. The molecule has 198 valence electrons. The molecule has 0 saturated carbocycles. The van der Waals surface area contributed by atoms with Crippen LogP contribution in [0, 0.1) is 18.3 Å². The largest absolute Gasteiger partial charge is 0.472 e. The molecule has 1 aliphatic rings. The molecular formula is C27H30N6O4S. The van der Waals surface area contributed by atoms with Crippen LogP contribution in [0.15, 0.2) is 36.7 Å². The van der Waals surface area contributed by atoms with E-state index in [2.05, 4.69) is 19.7 Å². The molecule has 11 heteroatoms. The van der Waals surface area contributed by atoms with E-state index in [-0.39, 0.29) is 18.1 Å².